The van der Waals surface area contributed by atoms with Crippen LogP contribution in [0.5, 0.6) is 5.75 Å². The van der Waals surface area contributed by atoms with Gasteiger partial charge in [-0.2, -0.15) is 5.10 Å². The lowest BCUT2D eigenvalue weighted by Gasteiger charge is -2.18. The summed E-state index contributed by atoms with van der Waals surface area (Å²) in [6.45, 7) is 2.67. The van der Waals surface area contributed by atoms with Crippen LogP contribution in [0.25, 0.3) is 11.1 Å². The number of carbonyl (C=O) groups excluding carboxylic acids is 1. The third-order valence-electron chi connectivity index (χ3n) is 5.29. The van der Waals surface area contributed by atoms with Crippen molar-refractivity contribution in [2.75, 3.05) is 7.11 Å². The van der Waals surface area contributed by atoms with Gasteiger partial charge in [0.2, 0.25) is 0 Å². The first-order valence-corrected chi connectivity index (χ1v) is 10.3. The largest absolute Gasteiger partial charge is 0.496 e. The maximum Gasteiger partial charge on any atom is 0.252 e. The van der Waals surface area contributed by atoms with Gasteiger partial charge in [0.25, 0.3) is 5.91 Å². The summed E-state index contributed by atoms with van der Waals surface area (Å²) in [7, 11) is 1.64. The van der Waals surface area contributed by atoms with E-state index in [0.717, 1.165) is 28.0 Å². The van der Waals surface area contributed by atoms with Gasteiger partial charge in [-0.05, 0) is 41.8 Å². The average Bonchev–Trinajstić information content (AvgIpc) is 3.32. The molecule has 0 radical (unpaired) electrons. The van der Waals surface area contributed by atoms with E-state index in [9.17, 15) is 4.79 Å². The molecule has 0 bridgehead atoms. The molecule has 4 aromatic rings. The van der Waals surface area contributed by atoms with Gasteiger partial charge < -0.3 is 10.1 Å². The van der Waals surface area contributed by atoms with E-state index >= 15 is 0 Å². The predicted molar refractivity (Wildman–Crippen MR) is 122 cm³/mol. The Labute approximate surface area is 182 Å². The summed E-state index contributed by atoms with van der Waals surface area (Å²) in [5.41, 5.74) is 4.64. The standard InChI is InChI=1S/C26H25N3O2/c1-19(22-8-5-6-11-25(22)31-2)28-26(30)24-10-4-3-9-23(24)21-14-12-20(13-15-21)18-29-17-7-16-27-29/h3-17,19H,18H2,1-2H3,(H,28,30). The normalized spacial score (nSPS) is 11.7. The Kier molecular flexibility index (Phi) is 6.13. The molecule has 3 aromatic carbocycles. The first-order chi connectivity index (χ1) is 15.2. The summed E-state index contributed by atoms with van der Waals surface area (Å²) in [6.07, 6.45) is 3.71. The van der Waals surface area contributed by atoms with Crippen LogP contribution in [-0.4, -0.2) is 22.8 Å². The summed E-state index contributed by atoms with van der Waals surface area (Å²) in [5.74, 6) is 0.644. The molecule has 4 rings (SSSR count). The summed E-state index contributed by atoms with van der Waals surface area (Å²) in [6, 6.07) is 25.4. The molecule has 156 valence electrons. The van der Waals surface area contributed by atoms with E-state index in [1.807, 2.05) is 72.4 Å². The highest BCUT2D eigenvalue weighted by molar-refractivity contribution is 6.01. The second-order valence-corrected chi connectivity index (χ2v) is 7.38. The number of hydrogen-bond donors (Lipinski definition) is 1. The molecule has 5 heteroatoms. The number of ether oxygens (including phenoxy) is 1. The van der Waals surface area contributed by atoms with E-state index < -0.39 is 0 Å². The van der Waals surface area contributed by atoms with E-state index in [2.05, 4.69) is 34.7 Å². The lowest BCUT2D eigenvalue weighted by molar-refractivity contribution is 0.0940. The van der Waals surface area contributed by atoms with Crippen LogP contribution in [0.2, 0.25) is 0 Å². The van der Waals surface area contributed by atoms with Crippen molar-refractivity contribution < 1.29 is 9.53 Å². The molecule has 0 aliphatic heterocycles. The van der Waals surface area contributed by atoms with E-state index in [-0.39, 0.29) is 11.9 Å². The molecule has 1 aromatic heterocycles. The van der Waals surface area contributed by atoms with Crippen LogP contribution in [0, 0.1) is 0 Å². The number of methoxy groups -OCH3 is 1. The number of para-hydroxylation sites is 1. The highest BCUT2D eigenvalue weighted by Gasteiger charge is 2.17. The van der Waals surface area contributed by atoms with Gasteiger partial charge in [0.05, 0.1) is 19.7 Å². The fourth-order valence-corrected chi connectivity index (χ4v) is 3.68. The van der Waals surface area contributed by atoms with Crippen LogP contribution < -0.4 is 10.1 Å². The third-order valence-corrected chi connectivity index (χ3v) is 5.29. The third kappa shape index (κ3) is 4.67. The molecule has 0 saturated heterocycles. The molecule has 1 atom stereocenters. The molecule has 31 heavy (non-hydrogen) atoms. The minimum atomic E-state index is -0.187. The maximum absolute atomic E-state index is 13.1. The van der Waals surface area contributed by atoms with Gasteiger partial charge in [0, 0.05) is 23.5 Å². The van der Waals surface area contributed by atoms with Crippen molar-refractivity contribution in [3.05, 3.63) is 108 Å². The Morgan fingerprint density at radius 2 is 1.74 bits per heavy atom. The number of amides is 1. The molecule has 1 heterocycles. The van der Waals surface area contributed by atoms with Crippen molar-refractivity contribution in [2.24, 2.45) is 0 Å². The van der Waals surface area contributed by atoms with E-state index in [1.165, 1.54) is 0 Å². The molecule has 0 aliphatic carbocycles. The maximum atomic E-state index is 13.1. The van der Waals surface area contributed by atoms with Crippen LogP contribution in [0.1, 0.15) is 34.5 Å². The second kappa shape index (κ2) is 9.30. The zero-order valence-electron chi connectivity index (χ0n) is 17.7. The number of carbonyl (C=O) groups is 1. The van der Waals surface area contributed by atoms with Gasteiger partial charge in [-0.3, -0.25) is 9.48 Å². The van der Waals surface area contributed by atoms with Crippen molar-refractivity contribution >= 4 is 5.91 Å². The molecule has 0 saturated carbocycles. The van der Waals surface area contributed by atoms with Crippen molar-refractivity contribution in [2.45, 2.75) is 19.5 Å². The molecular formula is C26H25N3O2. The molecular weight excluding hydrogens is 386 g/mol. The van der Waals surface area contributed by atoms with Gasteiger partial charge in [0.15, 0.2) is 0 Å². The van der Waals surface area contributed by atoms with Gasteiger partial charge in [0.1, 0.15) is 5.75 Å². The summed E-state index contributed by atoms with van der Waals surface area (Å²) >= 11 is 0. The fraction of sp³-hybridized carbons (Fsp3) is 0.154. The monoisotopic (exact) mass is 411 g/mol. The van der Waals surface area contributed by atoms with E-state index in [0.29, 0.717) is 12.1 Å². The zero-order chi connectivity index (χ0) is 21.6. The molecule has 1 N–H and O–H groups in total. The Morgan fingerprint density at radius 1 is 1.00 bits per heavy atom. The predicted octanol–water partition coefficient (Wildman–Crippen LogP) is 5.10. The molecule has 0 fully saturated rings. The van der Waals surface area contributed by atoms with Crippen molar-refractivity contribution in [1.82, 2.24) is 15.1 Å². The lowest BCUT2D eigenvalue weighted by atomic mass is 9.97. The molecule has 0 spiro atoms. The number of aromatic nitrogens is 2. The first kappa shape index (κ1) is 20.4. The first-order valence-electron chi connectivity index (χ1n) is 10.3. The molecule has 1 amide bonds. The Balaban J connectivity index is 1.54. The quantitative estimate of drug-likeness (QED) is 0.460. The van der Waals surface area contributed by atoms with Crippen LogP contribution in [-0.2, 0) is 6.54 Å². The van der Waals surface area contributed by atoms with Crippen molar-refractivity contribution in [1.29, 1.82) is 0 Å². The molecule has 0 aliphatic rings. The van der Waals surface area contributed by atoms with Crippen molar-refractivity contribution in [3.63, 3.8) is 0 Å². The van der Waals surface area contributed by atoms with Crippen LogP contribution in [0.3, 0.4) is 0 Å². The average molecular weight is 412 g/mol. The van der Waals surface area contributed by atoms with Crippen LogP contribution in [0.15, 0.2) is 91.3 Å². The second-order valence-electron chi connectivity index (χ2n) is 7.38. The number of hydrogen-bond acceptors (Lipinski definition) is 3. The van der Waals surface area contributed by atoms with Crippen LogP contribution in [0.4, 0.5) is 0 Å². The topological polar surface area (TPSA) is 56.1 Å². The minimum absolute atomic E-state index is 0.116. The van der Waals surface area contributed by atoms with Crippen molar-refractivity contribution in [3.8, 4) is 16.9 Å². The number of nitrogens with zero attached hydrogens (tertiary/aromatic N) is 2. The van der Waals surface area contributed by atoms with E-state index in [4.69, 9.17) is 4.74 Å². The van der Waals surface area contributed by atoms with Gasteiger partial charge in [-0.25, -0.2) is 0 Å². The van der Waals surface area contributed by atoms with Gasteiger partial charge in [-0.15, -0.1) is 0 Å². The Morgan fingerprint density at radius 3 is 2.48 bits per heavy atom. The highest BCUT2D eigenvalue weighted by atomic mass is 16.5. The van der Waals surface area contributed by atoms with Gasteiger partial charge >= 0.3 is 0 Å². The minimum Gasteiger partial charge on any atom is -0.496 e. The Bertz CT molecular complexity index is 1150. The number of rotatable bonds is 7. The van der Waals surface area contributed by atoms with E-state index in [1.54, 1.807) is 13.3 Å². The zero-order valence-corrected chi connectivity index (χ0v) is 17.7. The summed E-state index contributed by atoms with van der Waals surface area (Å²) in [4.78, 5) is 13.1. The van der Waals surface area contributed by atoms with Gasteiger partial charge in [-0.1, -0.05) is 60.7 Å². The number of nitrogens with one attached hydrogen (secondary N) is 1. The number of benzene rings is 3. The summed E-state index contributed by atoms with van der Waals surface area (Å²) < 4.78 is 7.32. The smallest absolute Gasteiger partial charge is 0.252 e. The van der Waals surface area contributed by atoms with Crippen LogP contribution >= 0.6 is 0 Å². The molecule has 5 nitrogen and oxygen atoms in total. The summed E-state index contributed by atoms with van der Waals surface area (Å²) in [5, 5.41) is 7.36. The fourth-order valence-electron chi connectivity index (χ4n) is 3.68. The highest BCUT2D eigenvalue weighted by Crippen LogP contribution is 2.27. The Hall–Kier alpha value is -3.86. The lowest BCUT2D eigenvalue weighted by Crippen LogP contribution is -2.27. The molecule has 1 unspecified atom stereocenters. The SMILES string of the molecule is COc1ccccc1C(C)NC(=O)c1ccccc1-c1ccc(Cn2cccn2)cc1.